The van der Waals surface area contributed by atoms with Gasteiger partial charge in [-0.05, 0) is 32.7 Å². The van der Waals surface area contributed by atoms with Crippen LogP contribution in [-0.2, 0) is 4.79 Å². The SMILES string of the molecule is CCCC(C)NC(=O)CNCCCCO. The third-order valence-corrected chi connectivity index (χ3v) is 2.18. The lowest BCUT2D eigenvalue weighted by Crippen LogP contribution is -2.39. The fraction of sp³-hybridized carbons (Fsp3) is 0.909. The van der Waals surface area contributed by atoms with Crippen molar-refractivity contribution in [3.05, 3.63) is 0 Å². The number of rotatable bonds is 9. The summed E-state index contributed by atoms with van der Waals surface area (Å²) in [6.07, 6.45) is 3.82. The molecule has 0 spiro atoms. The Labute approximate surface area is 92.4 Å². The summed E-state index contributed by atoms with van der Waals surface area (Å²) in [6, 6.07) is 0.266. The second-order valence-corrected chi connectivity index (χ2v) is 3.86. The first-order valence-corrected chi connectivity index (χ1v) is 5.81. The van der Waals surface area contributed by atoms with Crippen molar-refractivity contribution in [1.29, 1.82) is 0 Å². The van der Waals surface area contributed by atoms with Crippen molar-refractivity contribution in [2.75, 3.05) is 19.7 Å². The minimum atomic E-state index is 0.0555. The summed E-state index contributed by atoms with van der Waals surface area (Å²) in [5.74, 6) is 0.0555. The van der Waals surface area contributed by atoms with Gasteiger partial charge in [-0.3, -0.25) is 4.79 Å². The Morgan fingerprint density at radius 3 is 2.73 bits per heavy atom. The van der Waals surface area contributed by atoms with E-state index >= 15 is 0 Å². The monoisotopic (exact) mass is 216 g/mol. The summed E-state index contributed by atoms with van der Waals surface area (Å²) in [4.78, 5) is 11.3. The molecule has 4 heteroatoms. The fourth-order valence-corrected chi connectivity index (χ4v) is 1.39. The highest BCUT2D eigenvalue weighted by atomic mass is 16.2. The van der Waals surface area contributed by atoms with E-state index < -0.39 is 0 Å². The number of hydrogen-bond donors (Lipinski definition) is 3. The summed E-state index contributed by atoms with van der Waals surface area (Å²) in [5.41, 5.74) is 0. The zero-order valence-corrected chi connectivity index (χ0v) is 9.88. The van der Waals surface area contributed by atoms with Gasteiger partial charge in [0.2, 0.25) is 5.91 Å². The van der Waals surface area contributed by atoms with Crippen molar-refractivity contribution in [2.24, 2.45) is 0 Å². The second-order valence-electron chi connectivity index (χ2n) is 3.86. The van der Waals surface area contributed by atoms with E-state index in [0.717, 1.165) is 32.2 Å². The van der Waals surface area contributed by atoms with Crippen LogP contribution in [0.15, 0.2) is 0 Å². The lowest BCUT2D eigenvalue weighted by molar-refractivity contribution is -0.120. The smallest absolute Gasteiger partial charge is 0.234 e. The molecular formula is C11H24N2O2. The van der Waals surface area contributed by atoms with Crippen molar-refractivity contribution in [3.8, 4) is 0 Å². The molecule has 0 aromatic carbocycles. The minimum absolute atomic E-state index is 0.0555. The summed E-state index contributed by atoms with van der Waals surface area (Å²) >= 11 is 0. The highest BCUT2D eigenvalue weighted by Crippen LogP contribution is 1.93. The zero-order valence-electron chi connectivity index (χ0n) is 9.88. The molecule has 1 atom stereocenters. The number of hydrogen-bond acceptors (Lipinski definition) is 3. The molecule has 0 radical (unpaired) electrons. The molecule has 0 saturated carbocycles. The number of unbranched alkanes of at least 4 members (excludes halogenated alkanes) is 1. The van der Waals surface area contributed by atoms with Gasteiger partial charge in [-0.1, -0.05) is 13.3 Å². The van der Waals surface area contributed by atoms with Crippen LogP contribution >= 0.6 is 0 Å². The number of aliphatic hydroxyl groups excluding tert-OH is 1. The molecule has 0 heterocycles. The molecular weight excluding hydrogens is 192 g/mol. The van der Waals surface area contributed by atoms with Crippen LogP contribution < -0.4 is 10.6 Å². The van der Waals surface area contributed by atoms with E-state index in [4.69, 9.17) is 5.11 Å². The summed E-state index contributed by atoms with van der Waals surface area (Å²) in [5, 5.41) is 14.5. The van der Waals surface area contributed by atoms with Gasteiger partial charge in [-0.25, -0.2) is 0 Å². The van der Waals surface area contributed by atoms with E-state index in [2.05, 4.69) is 17.6 Å². The Morgan fingerprint density at radius 1 is 1.40 bits per heavy atom. The maximum Gasteiger partial charge on any atom is 0.234 e. The first kappa shape index (κ1) is 14.4. The number of carbonyl (C=O) groups is 1. The first-order valence-electron chi connectivity index (χ1n) is 5.81. The van der Waals surface area contributed by atoms with Gasteiger partial charge in [0.05, 0.1) is 6.54 Å². The number of nitrogens with one attached hydrogen (secondary N) is 2. The molecule has 0 aliphatic heterocycles. The van der Waals surface area contributed by atoms with Gasteiger partial charge in [0.15, 0.2) is 0 Å². The van der Waals surface area contributed by atoms with Crippen LogP contribution in [0.25, 0.3) is 0 Å². The van der Waals surface area contributed by atoms with Crippen molar-refractivity contribution in [1.82, 2.24) is 10.6 Å². The number of amides is 1. The van der Waals surface area contributed by atoms with Crippen LogP contribution in [-0.4, -0.2) is 36.8 Å². The van der Waals surface area contributed by atoms with Crippen molar-refractivity contribution >= 4 is 5.91 Å². The highest BCUT2D eigenvalue weighted by Gasteiger charge is 2.04. The van der Waals surface area contributed by atoms with Gasteiger partial charge < -0.3 is 15.7 Å². The predicted octanol–water partition coefficient (Wildman–Crippen LogP) is 0.653. The van der Waals surface area contributed by atoms with Crippen LogP contribution in [0.3, 0.4) is 0 Å². The van der Waals surface area contributed by atoms with E-state index in [1.54, 1.807) is 0 Å². The maximum atomic E-state index is 11.3. The number of aliphatic hydroxyl groups is 1. The third-order valence-electron chi connectivity index (χ3n) is 2.18. The molecule has 0 aromatic rings. The van der Waals surface area contributed by atoms with Crippen molar-refractivity contribution in [2.45, 2.75) is 45.6 Å². The first-order chi connectivity index (χ1) is 7.20. The van der Waals surface area contributed by atoms with Crippen LogP contribution in [0, 0.1) is 0 Å². The van der Waals surface area contributed by atoms with E-state index in [9.17, 15) is 4.79 Å². The van der Waals surface area contributed by atoms with Crippen LogP contribution in [0.5, 0.6) is 0 Å². The Morgan fingerprint density at radius 2 is 2.13 bits per heavy atom. The van der Waals surface area contributed by atoms with E-state index in [1.807, 2.05) is 6.92 Å². The molecule has 0 rings (SSSR count). The Bertz CT molecular complexity index is 163. The van der Waals surface area contributed by atoms with E-state index in [1.165, 1.54) is 0 Å². The Balaban J connectivity index is 3.32. The van der Waals surface area contributed by atoms with Crippen LogP contribution in [0.4, 0.5) is 0 Å². The number of carbonyl (C=O) groups excluding carboxylic acids is 1. The third kappa shape index (κ3) is 9.69. The molecule has 1 amide bonds. The summed E-state index contributed by atoms with van der Waals surface area (Å²) < 4.78 is 0. The molecule has 90 valence electrons. The average Bonchev–Trinajstić information content (AvgIpc) is 2.17. The largest absolute Gasteiger partial charge is 0.396 e. The molecule has 4 nitrogen and oxygen atoms in total. The quantitative estimate of drug-likeness (QED) is 0.496. The summed E-state index contributed by atoms with van der Waals surface area (Å²) in [6.45, 7) is 5.51. The predicted molar refractivity (Wildman–Crippen MR) is 61.7 cm³/mol. The molecule has 3 N–H and O–H groups in total. The molecule has 0 aromatic heterocycles. The second kappa shape index (κ2) is 9.93. The Kier molecular flexibility index (Phi) is 9.52. The molecule has 0 fully saturated rings. The fourth-order valence-electron chi connectivity index (χ4n) is 1.39. The topological polar surface area (TPSA) is 61.4 Å². The van der Waals surface area contributed by atoms with Crippen molar-refractivity contribution < 1.29 is 9.90 Å². The zero-order chi connectivity index (χ0) is 11.5. The van der Waals surface area contributed by atoms with Gasteiger partial charge in [0.1, 0.15) is 0 Å². The van der Waals surface area contributed by atoms with Crippen LogP contribution in [0.1, 0.15) is 39.5 Å². The van der Waals surface area contributed by atoms with Crippen molar-refractivity contribution in [3.63, 3.8) is 0 Å². The van der Waals surface area contributed by atoms with Gasteiger partial charge in [-0.2, -0.15) is 0 Å². The molecule has 15 heavy (non-hydrogen) atoms. The molecule has 0 bridgehead atoms. The lowest BCUT2D eigenvalue weighted by atomic mass is 10.2. The van der Waals surface area contributed by atoms with Gasteiger partial charge in [0, 0.05) is 12.6 Å². The Hall–Kier alpha value is -0.610. The van der Waals surface area contributed by atoms with E-state index in [-0.39, 0.29) is 18.6 Å². The lowest BCUT2D eigenvalue weighted by Gasteiger charge is -2.12. The maximum absolute atomic E-state index is 11.3. The molecule has 0 saturated heterocycles. The highest BCUT2D eigenvalue weighted by molar-refractivity contribution is 5.78. The summed E-state index contributed by atoms with van der Waals surface area (Å²) in [7, 11) is 0. The molecule has 0 aliphatic carbocycles. The average molecular weight is 216 g/mol. The minimum Gasteiger partial charge on any atom is -0.396 e. The van der Waals surface area contributed by atoms with E-state index in [0.29, 0.717) is 6.54 Å². The van der Waals surface area contributed by atoms with Crippen LogP contribution in [0.2, 0.25) is 0 Å². The van der Waals surface area contributed by atoms with Gasteiger partial charge in [-0.15, -0.1) is 0 Å². The normalized spacial score (nSPS) is 12.5. The van der Waals surface area contributed by atoms with Gasteiger partial charge in [0.25, 0.3) is 0 Å². The molecule has 0 aliphatic rings. The standard InChI is InChI=1S/C11H24N2O2/c1-3-6-10(2)13-11(15)9-12-7-4-5-8-14/h10,12,14H,3-9H2,1-2H3,(H,13,15). The van der Waals surface area contributed by atoms with Gasteiger partial charge >= 0.3 is 0 Å². The molecule has 1 unspecified atom stereocenters.